The third kappa shape index (κ3) is 3.34. The summed E-state index contributed by atoms with van der Waals surface area (Å²) < 4.78 is 0. The van der Waals surface area contributed by atoms with Gasteiger partial charge in [-0.3, -0.25) is 19.7 Å². The second kappa shape index (κ2) is 7.88. The lowest BCUT2D eigenvalue weighted by molar-refractivity contribution is -0.384. The fraction of sp³-hybridized carbons (Fsp3) is 0.0741. The molecule has 0 atom stereocenters. The van der Waals surface area contributed by atoms with Crippen molar-refractivity contribution in [3.8, 4) is 11.1 Å². The lowest BCUT2D eigenvalue weighted by Crippen LogP contribution is -2.40. The molecule has 1 N–H and O–H groups in total. The summed E-state index contributed by atoms with van der Waals surface area (Å²) in [7, 11) is 0. The van der Waals surface area contributed by atoms with E-state index in [0.717, 1.165) is 16.0 Å². The van der Waals surface area contributed by atoms with E-state index in [1.54, 1.807) is 30.3 Å². The summed E-state index contributed by atoms with van der Waals surface area (Å²) in [5.74, 6) is -2.28. The van der Waals surface area contributed by atoms with Crippen LogP contribution >= 0.6 is 0 Å². The van der Waals surface area contributed by atoms with Crippen LogP contribution in [0, 0.1) is 24.0 Å². The number of imide groups is 1. The zero-order chi connectivity index (χ0) is 25.0. The second-order valence-corrected chi connectivity index (χ2v) is 8.40. The van der Waals surface area contributed by atoms with Gasteiger partial charge in [-0.2, -0.15) is 0 Å². The third-order valence-corrected chi connectivity index (χ3v) is 6.37. The van der Waals surface area contributed by atoms with Gasteiger partial charge in [0.2, 0.25) is 0 Å². The van der Waals surface area contributed by atoms with Crippen LogP contribution in [0.2, 0.25) is 0 Å². The highest BCUT2D eigenvalue weighted by Crippen LogP contribution is 2.43. The number of benzene rings is 4. The fourth-order valence-electron chi connectivity index (χ4n) is 4.48. The van der Waals surface area contributed by atoms with Crippen molar-refractivity contribution in [1.82, 2.24) is 0 Å². The Hall–Kier alpha value is -4.85. The number of aryl methyl sites for hydroxylation is 2. The molecule has 1 aliphatic rings. The number of anilines is 1. The number of rotatable bonds is 4. The van der Waals surface area contributed by atoms with E-state index in [2.05, 4.69) is 0 Å². The number of amides is 2. The number of nitrogens with zero attached hydrogens (tertiary/aromatic N) is 2. The van der Waals surface area contributed by atoms with E-state index in [0.29, 0.717) is 22.0 Å². The minimum Gasteiger partial charge on any atom is -0.478 e. The highest BCUT2D eigenvalue weighted by Gasteiger charge is 2.37. The Balaban J connectivity index is 1.79. The van der Waals surface area contributed by atoms with Gasteiger partial charge in [0.1, 0.15) is 0 Å². The minimum atomic E-state index is -1.12. The monoisotopic (exact) mass is 466 g/mol. The maximum Gasteiger partial charge on any atom is 0.335 e. The first-order chi connectivity index (χ1) is 16.7. The first-order valence-electron chi connectivity index (χ1n) is 10.7. The van der Waals surface area contributed by atoms with Crippen molar-refractivity contribution in [2.45, 2.75) is 13.8 Å². The molecule has 8 heteroatoms. The van der Waals surface area contributed by atoms with Crippen LogP contribution < -0.4 is 4.90 Å². The van der Waals surface area contributed by atoms with Crippen molar-refractivity contribution in [2.75, 3.05) is 4.90 Å². The molecule has 0 unspecified atom stereocenters. The summed E-state index contributed by atoms with van der Waals surface area (Å²) in [5, 5.41) is 22.0. The summed E-state index contributed by atoms with van der Waals surface area (Å²) in [6.45, 7) is 3.79. The maximum absolute atomic E-state index is 13.6. The maximum atomic E-state index is 13.6. The molecule has 4 aromatic rings. The van der Waals surface area contributed by atoms with E-state index in [9.17, 15) is 29.6 Å². The van der Waals surface area contributed by atoms with Crippen molar-refractivity contribution in [3.63, 3.8) is 0 Å². The normalized spacial score (nSPS) is 12.8. The largest absolute Gasteiger partial charge is 0.478 e. The van der Waals surface area contributed by atoms with Gasteiger partial charge in [-0.15, -0.1) is 0 Å². The average molecular weight is 466 g/mol. The summed E-state index contributed by atoms with van der Waals surface area (Å²) in [4.78, 5) is 50.9. The van der Waals surface area contributed by atoms with E-state index in [-0.39, 0.29) is 27.9 Å². The van der Waals surface area contributed by atoms with E-state index in [4.69, 9.17) is 0 Å². The number of carboxylic acids is 1. The van der Waals surface area contributed by atoms with E-state index < -0.39 is 22.7 Å². The van der Waals surface area contributed by atoms with E-state index in [1.807, 2.05) is 19.9 Å². The number of nitro groups is 1. The highest BCUT2D eigenvalue weighted by atomic mass is 16.6. The lowest BCUT2D eigenvalue weighted by atomic mass is 9.87. The van der Waals surface area contributed by atoms with Gasteiger partial charge in [0, 0.05) is 17.0 Å². The zero-order valence-corrected chi connectivity index (χ0v) is 18.7. The molecule has 0 fully saturated rings. The molecule has 0 bridgehead atoms. The van der Waals surface area contributed by atoms with Gasteiger partial charge in [0.25, 0.3) is 17.5 Å². The first kappa shape index (κ1) is 22.0. The predicted molar refractivity (Wildman–Crippen MR) is 130 cm³/mol. The first-order valence-corrected chi connectivity index (χ1v) is 10.7. The van der Waals surface area contributed by atoms with Gasteiger partial charge in [0.15, 0.2) is 0 Å². The van der Waals surface area contributed by atoms with Crippen LogP contribution in [0.5, 0.6) is 0 Å². The van der Waals surface area contributed by atoms with Gasteiger partial charge in [-0.05, 0) is 66.3 Å². The second-order valence-electron chi connectivity index (χ2n) is 8.40. The molecule has 4 aromatic carbocycles. The fourth-order valence-corrected chi connectivity index (χ4v) is 4.48. The van der Waals surface area contributed by atoms with Crippen molar-refractivity contribution in [1.29, 1.82) is 0 Å². The summed E-state index contributed by atoms with van der Waals surface area (Å²) in [6.07, 6.45) is 0. The molecule has 5 rings (SSSR count). The molecule has 8 nitrogen and oxygen atoms in total. The van der Waals surface area contributed by atoms with Crippen LogP contribution in [0.15, 0.2) is 66.7 Å². The number of hydrogen-bond acceptors (Lipinski definition) is 5. The molecule has 35 heavy (non-hydrogen) atoms. The highest BCUT2D eigenvalue weighted by molar-refractivity contribution is 6.37. The molecule has 2 amide bonds. The number of carboxylic acid groups (broad SMARTS) is 1. The number of carbonyl (C=O) groups excluding carboxylic acids is 2. The van der Waals surface area contributed by atoms with Crippen LogP contribution in [-0.4, -0.2) is 27.8 Å². The van der Waals surface area contributed by atoms with Gasteiger partial charge in [-0.1, -0.05) is 30.3 Å². The Bertz CT molecular complexity index is 1600. The molecule has 0 aliphatic carbocycles. The Kier molecular flexibility index (Phi) is 4.94. The molecule has 172 valence electrons. The Morgan fingerprint density at radius 3 is 2.20 bits per heavy atom. The average Bonchev–Trinajstić information content (AvgIpc) is 2.84. The number of hydrogen-bond donors (Lipinski definition) is 1. The van der Waals surface area contributed by atoms with Crippen LogP contribution in [0.4, 0.5) is 11.4 Å². The quantitative estimate of drug-likeness (QED) is 0.240. The van der Waals surface area contributed by atoms with E-state index in [1.165, 1.54) is 30.3 Å². The summed E-state index contributed by atoms with van der Waals surface area (Å²) >= 11 is 0. The van der Waals surface area contributed by atoms with Gasteiger partial charge in [-0.25, -0.2) is 9.69 Å². The van der Waals surface area contributed by atoms with Crippen LogP contribution in [0.25, 0.3) is 21.9 Å². The van der Waals surface area contributed by atoms with Crippen LogP contribution in [0.1, 0.15) is 42.2 Å². The predicted octanol–water partition coefficient (Wildman–Crippen LogP) is 5.53. The molecule has 0 spiro atoms. The number of aromatic carboxylic acids is 1. The molecule has 0 radical (unpaired) electrons. The van der Waals surface area contributed by atoms with Crippen molar-refractivity contribution < 1.29 is 24.4 Å². The minimum absolute atomic E-state index is 0.0357. The number of carbonyl (C=O) groups is 3. The smallest absolute Gasteiger partial charge is 0.335 e. The molecular weight excluding hydrogens is 448 g/mol. The molecule has 0 aromatic heterocycles. The third-order valence-electron chi connectivity index (χ3n) is 6.37. The Morgan fingerprint density at radius 2 is 1.57 bits per heavy atom. The van der Waals surface area contributed by atoms with Crippen LogP contribution in [-0.2, 0) is 0 Å². The summed E-state index contributed by atoms with van der Waals surface area (Å²) in [6, 6.07) is 16.9. The molecule has 0 saturated carbocycles. The van der Waals surface area contributed by atoms with Crippen LogP contribution in [0.3, 0.4) is 0 Å². The Labute approximate surface area is 199 Å². The molecule has 1 heterocycles. The number of nitro benzene ring substituents is 1. The zero-order valence-electron chi connectivity index (χ0n) is 18.7. The van der Waals surface area contributed by atoms with E-state index >= 15 is 0 Å². The van der Waals surface area contributed by atoms with Crippen molar-refractivity contribution >= 4 is 39.9 Å². The van der Waals surface area contributed by atoms with Gasteiger partial charge < -0.3 is 5.11 Å². The molecular formula is C27H18N2O6. The Morgan fingerprint density at radius 1 is 0.886 bits per heavy atom. The SMILES string of the molecule is Cc1ccc(N2C(=O)c3cccc4c(-c5ccc(C(=O)O)cc5)c([N+](=O)[O-])cc(c34)C2=O)cc1C. The van der Waals surface area contributed by atoms with Crippen molar-refractivity contribution in [3.05, 3.63) is 105 Å². The standard InChI is InChI=1S/C27H18N2O6/c1-14-6-11-18(12-15(14)2)28-25(30)20-5-3-4-19-23(16-7-9-17(10-8-16)27(32)33)22(29(34)35)13-21(24(19)20)26(28)31/h3-13H,1-2H3,(H,32,33). The van der Waals surface area contributed by atoms with Gasteiger partial charge in [0.05, 0.1) is 27.3 Å². The molecule has 0 saturated heterocycles. The molecule has 1 aliphatic heterocycles. The lowest BCUT2D eigenvalue weighted by Gasteiger charge is -2.28. The van der Waals surface area contributed by atoms with Crippen molar-refractivity contribution in [2.24, 2.45) is 0 Å². The topological polar surface area (TPSA) is 118 Å². The van der Waals surface area contributed by atoms with Gasteiger partial charge >= 0.3 is 5.97 Å². The summed E-state index contributed by atoms with van der Waals surface area (Å²) in [5.41, 5.74) is 2.96.